The normalized spacial score (nSPS) is 15.3. The molecule has 0 amide bonds. The molecular formula is C10H15N3O. The van der Waals surface area contributed by atoms with E-state index in [1.165, 1.54) is 0 Å². The standard InChI is InChI=1S/C10H15N3O/c1-12-7-4-10(14-8-2-3-8)9(5-11)13-6-7/h4,6,8,12H,2-3,5,11H2,1H3. The Morgan fingerprint density at radius 1 is 1.64 bits per heavy atom. The number of nitrogens with one attached hydrogen (secondary N) is 1. The van der Waals surface area contributed by atoms with E-state index in [0.717, 1.165) is 30.0 Å². The van der Waals surface area contributed by atoms with Gasteiger partial charge in [0.05, 0.1) is 23.7 Å². The number of hydrogen-bond donors (Lipinski definition) is 2. The third-order valence-corrected chi connectivity index (χ3v) is 2.23. The van der Waals surface area contributed by atoms with Gasteiger partial charge in [-0.25, -0.2) is 0 Å². The first-order valence-electron chi connectivity index (χ1n) is 4.87. The largest absolute Gasteiger partial charge is 0.488 e. The highest BCUT2D eigenvalue weighted by molar-refractivity contribution is 5.47. The van der Waals surface area contributed by atoms with Crippen LogP contribution in [-0.4, -0.2) is 18.1 Å². The van der Waals surface area contributed by atoms with Crippen LogP contribution in [0, 0.1) is 0 Å². The minimum absolute atomic E-state index is 0.384. The molecule has 1 aromatic heterocycles. The molecule has 0 spiro atoms. The van der Waals surface area contributed by atoms with Gasteiger partial charge in [0.2, 0.25) is 0 Å². The summed E-state index contributed by atoms with van der Waals surface area (Å²) in [6.07, 6.45) is 4.44. The Labute approximate surface area is 83.5 Å². The fourth-order valence-corrected chi connectivity index (χ4v) is 1.23. The van der Waals surface area contributed by atoms with Gasteiger partial charge in [0, 0.05) is 19.7 Å². The molecule has 4 heteroatoms. The molecule has 1 aliphatic carbocycles. The van der Waals surface area contributed by atoms with E-state index in [2.05, 4.69) is 10.3 Å². The molecule has 1 heterocycles. The Balaban J connectivity index is 2.21. The molecule has 0 atom stereocenters. The van der Waals surface area contributed by atoms with Crippen LogP contribution in [-0.2, 0) is 6.54 Å². The van der Waals surface area contributed by atoms with E-state index in [1.807, 2.05) is 13.1 Å². The van der Waals surface area contributed by atoms with Crippen molar-refractivity contribution in [3.8, 4) is 5.75 Å². The maximum Gasteiger partial charge on any atom is 0.144 e. The predicted molar refractivity (Wildman–Crippen MR) is 55.3 cm³/mol. The highest BCUT2D eigenvalue weighted by atomic mass is 16.5. The van der Waals surface area contributed by atoms with Crippen LogP contribution in [0.25, 0.3) is 0 Å². The third kappa shape index (κ3) is 1.96. The highest BCUT2D eigenvalue weighted by Gasteiger charge is 2.24. The third-order valence-electron chi connectivity index (χ3n) is 2.23. The molecule has 1 aromatic rings. The van der Waals surface area contributed by atoms with Crippen molar-refractivity contribution >= 4 is 5.69 Å². The van der Waals surface area contributed by atoms with Crippen molar-refractivity contribution in [2.75, 3.05) is 12.4 Å². The number of anilines is 1. The van der Waals surface area contributed by atoms with Crippen molar-refractivity contribution in [3.05, 3.63) is 18.0 Å². The van der Waals surface area contributed by atoms with E-state index in [9.17, 15) is 0 Å². The number of nitrogens with two attached hydrogens (primary N) is 1. The number of rotatable bonds is 4. The molecule has 0 radical (unpaired) electrons. The van der Waals surface area contributed by atoms with E-state index in [1.54, 1.807) is 6.20 Å². The average Bonchev–Trinajstić information content (AvgIpc) is 3.01. The summed E-state index contributed by atoms with van der Waals surface area (Å²) >= 11 is 0. The van der Waals surface area contributed by atoms with Gasteiger partial charge in [-0.1, -0.05) is 0 Å². The number of aromatic nitrogens is 1. The van der Waals surface area contributed by atoms with Crippen LogP contribution in [0.15, 0.2) is 12.3 Å². The van der Waals surface area contributed by atoms with Gasteiger partial charge in [-0.05, 0) is 12.8 Å². The summed E-state index contributed by atoms with van der Waals surface area (Å²) in [5.74, 6) is 0.821. The van der Waals surface area contributed by atoms with E-state index in [4.69, 9.17) is 10.5 Å². The van der Waals surface area contributed by atoms with Gasteiger partial charge < -0.3 is 15.8 Å². The number of nitrogens with zero attached hydrogens (tertiary/aromatic N) is 1. The summed E-state index contributed by atoms with van der Waals surface area (Å²) in [5.41, 5.74) is 7.36. The summed E-state index contributed by atoms with van der Waals surface area (Å²) in [6, 6.07) is 1.95. The van der Waals surface area contributed by atoms with Crippen LogP contribution in [0.4, 0.5) is 5.69 Å². The molecule has 1 fully saturated rings. The van der Waals surface area contributed by atoms with Gasteiger partial charge in [-0.2, -0.15) is 0 Å². The van der Waals surface area contributed by atoms with Crippen LogP contribution in [0.3, 0.4) is 0 Å². The predicted octanol–water partition coefficient (Wildman–Crippen LogP) is 1.12. The second kappa shape index (κ2) is 3.84. The lowest BCUT2D eigenvalue weighted by molar-refractivity contribution is 0.298. The van der Waals surface area contributed by atoms with Gasteiger partial charge >= 0.3 is 0 Å². The second-order valence-corrected chi connectivity index (χ2v) is 3.44. The fraction of sp³-hybridized carbons (Fsp3) is 0.500. The van der Waals surface area contributed by atoms with Gasteiger partial charge in [0.1, 0.15) is 5.75 Å². The van der Waals surface area contributed by atoms with Crippen LogP contribution >= 0.6 is 0 Å². The Kier molecular flexibility index (Phi) is 2.54. The second-order valence-electron chi connectivity index (χ2n) is 3.44. The van der Waals surface area contributed by atoms with Crippen LogP contribution in [0.5, 0.6) is 5.75 Å². The minimum Gasteiger partial charge on any atom is -0.488 e. The quantitative estimate of drug-likeness (QED) is 0.752. The van der Waals surface area contributed by atoms with Crippen molar-refractivity contribution in [2.24, 2.45) is 5.73 Å². The zero-order chi connectivity index (χ0) is 9.97. The molecule has 1 saturated carbocycles. The lowest BCUT2D eigenvalue weighted by atomic mass is 10.3. The van der Waals surface area contributed by atoms with Gasteiger partial charge in [0.25, 0.3) is 0 Å². The zero-order valence-electron chi connectivity index (χ0n) is 8.29. The van der Waals surface area contributed by atoms with Crippen molar-refractivity contribution in [3.63, 3.8) is 0 Å². The average molecular weight is 193 g/mol. The fourth-order valence-electron chi connectivity index (χ4n) is 1.23. The van der Waals surface area contributed by atoms with Crippen molar-refractivity contribution < 1.29 is 4.74 Å². The molecule has 0 unspecified atom stereocenters. The smallest absolute Gasteiger partial charge is 0.144 e. The summed E-state index contributed by atoms with van der Waals surface area (Å²) in [7, 11) is 1.86. The summed E-state index contributed by atoms with van der Waals surface area (Å²) in [5, 5.41) is 3.03. The Morgan fingerprint density at radius 2 is 2.43 bits per heavy atom. The first kappa shape index (κ1) is 9.27. The molecule has 0 bridgehead atoms. The molecule has 76 valence electrons. The lowest BCUT2D eigenvalue weighted by Gasteiger charge is -2.10. The minimum atomic E-state index is 0.384. The summed E-state index contributed by atoms with van der Waals surface area (Å²) < 4.78 is 5.71. The number of hydrogen-bond acceptors (Lipinski definition) is 4. The van der Waals surface area contributed by atoms with Gasteiger partial charge in [-0.3, -0.25) is 4.98 Å². The molecule has 0 aliphatic heterocycles. The molecular weight excluding hydrogens is 178 g/mol. The lowest BCUT2D eigenvalue weighted by Crippen LogP contribution is -2.06. The Morgan fingerprint density at radius 3 is 3.00 bits per heavy atom. The summed E-state index contributed by atoms with van der Waals surface area (Å²) in [6.45, 7) is 0.423. The Hall–Kier alpha value is -1.29. The van der Waals surface area contributed by atoms with E-state index >= 15 is 0 Å². The van der Waals surface area contributed by atoms with E-state index in [0.29, 0.717) is 12.6 Å². The van der Waals surface area contributed by atoms with Crippen LogP contribution in [0.2, 0.25) is 0 Å². The maximum atomic E-state index is 5.71. The monoisotopic (exact) mass is 193 g/mol. The first-order chi connectivity index (χ1) is 6.83. The van der Waals surface area contributed by atoms with Crippen molar-refractivity contribution in [1.82, 2.24) is 4.98 Å². The topological polar surface area (TPSA) is 60.2 Å². The molecule has 4 nitrogen and oxygen atoms in total. The molecule has 14 heavy (non-hydrogen) atoms. The van der Waals surface area contributed by atoms with Crippen molar-refractivity contribution in [2.45, 2.75) is 25.5 Å². The van der Waals surface area contributed by atoms with Crippen molar-refractivity contribution in [1.29, 1.82) is 0 Å². The number of pyridine rings is 1. The molecule has 0 saturated heterocycles. The highest BCUT2D eigenvalue weighted by Crippen LogP contribution is 2.29. The SMILES string of the molecule is CNc1cnc(CN)c(OC2CC2)c1. The van der Waals surface area contributed by atoms with Crippen LogP contribution in [0.1, 0.15) is 18.5 Å². The van der Waals surface area contributed by atoms with Gasteiger partial charge in [0.15, 0.2) is 0 Å². The Bertz CT molecular complexity index is 323. The molecule has 1 aliphatic rings. The summed E-state index contributed by atoms with van der Waals surface area (Å²) in [4.78, 5) is 4.24. The zero-order valence-corrected chi connectivity index (χ0v) is 8.29. The maximum absolute atomic E-state index is 5.71. The molecule has 3 N–H and O–H groups in total. The van der Waals surface area contributed by atoms with Crippen LogP contribution < -0.4 is 15.8 Å². The van der Waals surface area contributed by atoms with Gasteiger partial charge in [-0.15, -0.1) is 0 Å². The molecule has 2 rings (SSSR count). The molecule has 0 aromatic carbocycles. The van der Waals surface area contributed by atoms with E-state index < -0.39 is 0 Å². The van der Waals surface area contributed by atoms with E-state index in [-0.39, 0.29) is 0 Å². The first-order valence-corrected chi connectivity index (χ1v) is 4.87. The number of ether oxygens (including phenoxy) is 1.